The Bertz CT molecular complexity index is 4800. The van der Waals surface area contributed by atoms with Crippen molar-refractivity contribution >= 4 is 132 Å². The van der Waals surface area contributed by atoms with Crippen LogP contribution in [0.4, 0.5) is 62.6 Å². The molecule has 0 aliphatic carbocycles. The SMILES string of the molecule is Cc1cc(C)c(N2c3cc4c(cc3B3c5cc(C(C)(C)C)ccc5Oc5cc(C)cc2c53)B2c3cc5c(cc3N(c3c(C)cc(C)cc3C)c3cc(C)cc(c32)O4)N(c2ccc(C(C)(C)C)cc2)c2cc(C)cc3c2B5c2cc(C(C)(C)C)ccc2N3)c(C)c1. The molecule has 0 unspecified atom stereocenters. The van der Waals surface area contributed by atoms with E-state index in [1.807, 2.05) is 0 Å². The molecule has 0 saturated carbocycles. The number of hydrogen-bond donors (Lipinski definition) is 1. The highest BCUT2D eigenvalue weighted by Crippen LogP contribution is 2.51. The fourth-order valence-electron chi connectivity index (χ4n) is 16.6. The van der Waals surface area contributed by atoms with Crippen molar-refractivity contribution in [2.45, 2.75) is 141 Å². The molecule has 0 atom stereocenters. The van der Waals surface area contributed by atoms with Crippen molar-refractivity contribution in [3.63, 3.8) is 0 Å². The molecule has 6 nitrogen and oxygen atoms in total. The van der Waals surface area contributed by atoms with E-state index in [1.54, 1.807) is 0 Å². The molecule has 444 valence electrons. The van der Waals surface area contributed by atoms with Gasteiger partial charge in [-0.1, -0.05) is 146 Å². The molecule has 0 amide bonds. The summed E-state index contributed by atoms with van der Waals surface area (Å²) in [6.45, 7) is 40.8. The predicted molar refractivity (Wildman–Crippen MR) is 386 cm³/mol. The standard InChI is InChI=1S/C81H79B3N4O2/c1-43-27-48(6)77(49(7)28-43)87-65-41-64-57(82-56-37-53(80(13,14)15)21-25-62(56)85-63-31-45(3)32-67(74(63)82)86(64)55-23-19-52(20-24-55)79(10,11)12)39-58(65)84-61-40-59-66(42-71(61)90-73-36-47(5)33-68(87)76(73)84)88(78-50(8)29-44(2)30-51(78)9)69-34-46(4)35-72-75(69)83(59)60-38-54(81(16,17)18)22-26-70(60)89-72/h19-42,85H,1-18H3. The van der Waals surface area contributed by atoms with Gasteiger partial charge >= 0.3 is 0 Å². The minimum absolute atomic E-state index is 0.0116. The van der Waals surface area contributed by atoms with Gasteiger partial charge in [0.25, 0.3) is 20.1 Å². The smallest absolute Gasteiger partial charge is 0.256 e. The second-order valence-corrected chi connectivity index (χ2v) is 30.5. The van der Waals surface area contributed by atoms with Crippen LogP contribution in [0.3, 0.4) is 0 Å². The third-order valence-electron chi connectivity index (χ3n) is 20.6. The van der Waals surface area contributed by atoms with Crippen LogP contribution < -0.4 is 78.7 Å². The Kier molecular flexibility index (Phi) is 12.0. The fraction of sp³-hybridized carbons (Fsp3) is 0.259. The number of anilines is 11. The van der Waals surface area contributed by atoms with Crippen molar-refractivity contribution in [3.8, 4) is 23.0 Å². The van der Waals surface area contributed by atoms with Crippen LogP contribution in [-0.4, -0.2) is 20.1 Å². The molecule has 10 aromatic rings. The Morgan fingerprint density at radius 3 is 1.22 bits per heavy atom. The Balaban J connectivity index is 1.03. The molecular weight excluding hydrogens is 1090 g/mol. The maximum absolute atomic E-state index is 7.71. The second kappa shape index (κ2) is 19.1. The predicted octanol–water partition coefficient (Wildman–Crippen LogP) is 15.5. The Labute approximate surface area is 534 Å². The number of aryl methyl sites for hydroxylation is 9. The summed E-state index contributed by atoms with van der Waals surface area (Å²) in [6.07, 6.45) is 0. The maximum Gasteiger partial charge on any atom is 0.256 e. The molecule has 10 aromatic carbocycles. The van der Waals surface area contributed by atoms with Gasteiger partial charge in [-0.15, -0.1) is 0 Å². The number of hydrogen-bond acceptors (Lipinski definition) is 6. The van der Waals surface area contributed by atoms with E-state index in [2.05, 4.69) is 290 Å². The number of rotatable bonds is 3. The normalized spacial score (nSPS) is 14.5. The minimum atomic E-state index is -0.219. The zero-order valence-electron chi connectivity index (χ0n) is 55.7. The summed E-state index contributed by atoms with van der Waals surface area (Å²) < 4.78 is 14.9. The van der Waals surface area contributed by atoms with Gasteiger partial charge in [0, 0.05) is 57.3 Å². The lowest BCUT2D eigenvalue weighted by molar-refractivity contribution is 0.485. The van der Waals surface area contributed by atoms with Gasteiger partial charge in [0.05, 0.1) is 11.4 Å². The van der Waals surface area contributed by atoms with Gasteiger partial charge in [-0.2, -0.15) is 0 Å². The van der Waals surface area contributed by atoms with Gasteiger partial charge in [-0.25, -0.2) is 0 Å². The summed E-state index contributed by atoms with van der Waals surface area (Å²) in [5.41, 5.74) is 38.7. The van der Waals surface area contributed by atoms with Gasteiger partial charge in [0.1, 0.15) is 23.0 Å². The van der Waals surface area contributed by atoms with E-state index in [9.17, 15) is 0 Å². The summed E-state index contributed by atoms with van der Waals surface area (Å²) in [5, 5.41) is 4.04. The van der Waals surface area contributed by atoms with Crippen molar-refractivity contribution in [3.05, 3.63) is 212 Å². The highest BCUT2D eigenvalue weighted by molar-refractivity contribution is 7.04. The van der Waals surface area contributed by atoms with Gasteiger partial charge in [0.15, 0.2) is 0 Å². The number of benzene rings is 10. The molecular formula is C81H79B3N4O2. The Hall–Kier alpha value is -8.81. The first-order valence-corrected chi connectivity index (χ1v) is 32.6. The van der Waals surface area contributed by atoms with Crippen LogP contribution >= 0.6 is 0 Å². The van der Waals surface area contributed by atoms with Gasteiger partial charge in [0.2, 0.25) is 0 Å². The van der Waals surface area contributed by atoms with Crippen LogP contribution in [0, 0.1) is 62.3 Å². The molecule has 6 heterocycles. The molecule has 0 spiro atoms. The average Bonchev–Trinajstić information content (AvgIpc) is 0.692. The molecule has 1 N–H and O–H groups in total. The van der Waals surface area contributed by atoms with Gasteiger partial charge < -0.3 is 29.5 Å². The Morgan fingerprint density at radius 1 is 0.300 bits per heavy atom. The van der Waals surface area contributed by atoms with E-state index in [1.165, 1.54) is 133 Å². The van der Waals surface area contributed by atoms with E-state index >= 15 is 0 Å². The fourth-order valence-corrected chi connectivity index (χ4v) is 16.6. The van der Waals surface area contributed by atoms with E-state index < -0.39 is 0 Å². The summed E-state index contributed by atoms with van der Waals surface area (Å²) in [4.78, 5) is 7.78. The molecule has 90 heavy (non-hydrogen) atoms. The third kappa shape index (κ3) is 8.32. The molecule has 0 bridgehead atoms. The van der Waals surface area contributed by atoms with Crippen LogP contribution in [-0.2, 0) is 16.2 Å². The van der Waals surface area contributed by atoms with Crippen LogP contribution in [0.15, 0.2) is 146 Å². The second-order valence-electron chi connectivity index (χ2n) is 30.5. The molecule has 0 saturated heterocycles. The quantitative estimate of drug-likeness (QED) is 0.178. The van der Waals surface area contributed by atoms with E-state index in [0.29, 0.717) is 0 Å². The number of nitrogens with one attached hydrogen (secondary N) is 1. The summed E-state index contributed by atoms with van der Waals surface area (Å²) >= 11 is 0. The van der Waals surface area contributed by atoms with Crippen molar-refractivity contribution in [2.75, 3.05) is 20.0 Å². The van der Waals surface area contributed by atoms with Crippen molar-refractivity contribution in [1.29, 1.82) is 0 Å². The van der Waals surface area contributed by atoms with Crippen molar-refractivity contribution in [1.82, 2.24) is 0 Å². The lowest BCUT2D eigenvalue weighted by atomic mass is 9.29. The Morgan fingerprint density at radius 2 is 0.700 bits per heavy atom. The minimum Gasteiger partial charge on any atom is -0.458 e. The average molecular weight is 1170 g/mol. The summed E-state index contributed by atoms with van der Waals surface area (Å²) in [5.74, 6) is 3.61. The lowest BCUT2D eigenvalue weighted by Gasteiger charge is -2.46. The van der Waals surface area contributed by atoms with Crippen LogP contribution in [0.25, 0.3) is 0 Å². The molecule has 16 rings (SSSR count). The first-order valence-electron chi connectivity index (χ1n) is 32.6. The first-order chi connectivity index (χ1) is 42.7. The lowest BCUT2D eigenvalue weighted by Crippen LogP contribution is -2.65. The topological polar surface area (TPSA) is 40.2 Å². The molecule has 6 aliphatic heterocycles. The van der Waals surface area contributed by atoms with Crippen LogP contribution in [0.1, 0.15) is 129 Å². The van der Waals surface area contributed by atoms with Crippen LogP contribution in [0.5, 0.6) is 23.0 Å². The molecule has 9 heteroatoms. The van der Waals surface area contributed by atoms with E-state index in [0.717, 1.165) is 68.2 Å². The molecule has 0 fully saturated rings. The zero-order valence-corrected chi connectivity index (χ0v) is 55.7. The van der Waals surface area contributed by atoms with Gasteiger partial charge in [-0.3, -0.25) is 0 Å². The summed E-state index contributed by atoms with van der Waals surface area (Å²) in [7, 11) is 0. The third-order valence-corrected chi connectivity index (χ3v) is 20.6. The number of fused-ring (bicyclic) bond motifs is 12. The zero-order chi connectivity index (χ0) is 62.8. The summed E-state index contributed by atoms with van der Waals surface area (Å²) in [6, 6.07) is 57.4. The largest absolute Gasteiger partial charge is 0.458 e. The first kappa shape index (κ1) is 56.4. The molecule has 0 aromatic heterocycles. The monoisotopic (exact) mass is 1170 g/mol. The molecule has 0 radical (unpaired) electrons. The molecule has 6 aliphatic rings. The van der Waals surface area contributed by atoms with Crippen molar-refractivity contribution < 1.29 is 9.47 Å². The number of ether oxygens (including phenoxy) is 2. The maximum atomic E-state index is 7.71. The van der Waals surface area contributed by atoms with E-state index in [4.69, 9.17) is 9.47 Å². The van der Waals surface area contributed by atoms with Crippen molar-refractivity contribution in [2.24, 2.45) is 0 Å². The van der Waals surface area contributed by atoms with Gasteiger partial charge in [-0.05, 0) is 250 Å². The van der Waals surface area contributed by atoms with Crippen LogP contribution in [0.2, 0.25) is 0 Å². The number of nitrogens with zero attached hydrogens (tertiary/aromatic N) is 3. The highest BCUT2D eigenvalue weighted by atomic mass is 16.5. The van der Waals surface area contributed by atoms with E-state index in [-0.39, 0.29) is 36.4 Å². The highest BCUT2D eigenvalue weighted by Gasteiger charge is 2.50.